The van der Waals surface area contributed by atoms with E-state index in [-0.39, 0.29) is 10.8 Å². The van der Waals surface area contributed by atoms with Crippen LogP contribution >= 0.6 is 0 Å². The van der Waals surface area contributed by atoms with E-state index in [9.17, 15) is 0 Å². The molecule has 0 aromatic heterocycles. The fourth-order valence-corrected chi connectivity index (χ4v) is 10.1. The van der Waals surface area contributed by atoms with E-state index in [1.807, 2.05) is 0 Å². The number of benzene rings is 9. The first kappa shape index (κ1) is 31.3. The predicted molar refractivity (Wildman–Crippen MR) is 230 cm³/mol. The lowest BCUT2D eigenvalue weighted by Crippen LogP contribution is -2.15. The standard InChI is InChI=1S/C54H40/c1-53(2)46-29-25-33-14-8-9-17-38(33)52(46)45-28-23-36(31-49(45)53)35-22-26-39-40-27-24-37(32-48(40)54(3,4)47(39)30-35)51-43-20-12-10-18-41(43)50(34-15-6-5-7-16-34)42-19-11-13-21-44(42)51/h5-32H,1-4H3. The Bertz CT molecular complexity index is 2970. The van der Waals surface area contributed by atoms with Crippen LogP contribution in [0.25, 0.3) is 88.0 Å². The highest BCUT2D eigenvalue weighted by atomic mass is 14.4. The first-order chi connectivity index (χ1) is 26.3. The highest BCUT2D eigenvalue weighted by molar-refractivity contribution is 6.21. The maximum absolute atomic E-state index is 2.49. The Balaban J connectivity index is 1.03. The van der Waals surface area contributed by atoms with E-state index in [1.165, 1.54) is 110 Å². The number of rotatable bonds is 3. The van der Waals surface area contributed by atoms with E-state index in [1.54, 1.807) is 0 Å². The van der Waals surface area contributed by atoms with Gasteiger partial charge in [-0.1, -0.05) is 179 Å². The van der Waals surface area contributed by atoms with Crippen molar-refractivity contribution in [2.75, 3.05) is 0 Å². The van der Waals surface area contributed by atoms with Crippen molar-refractivity contribution in [2.45, 2.75) is 38.5 Å². The molecule has 0 spiro atoms. The van der Waals surface area contributed by atoms with Gasteiger partial charge in [0.15, 0.2) is 0 Å². The van der Waals surface area contributed by atoms with Crippen molar-refractivity contribution in [3.63, 3.8) is 0 Å². The van der Waals surface area contributed by atoms with Gasteiger partial charge in [0.25, 0.3) is 0 Å². The van der Waals surface area contributed by atoms with Gasteiger partial charge in [0.2, 0.25) is 0 Å². The van der Waals surface area contributed by atoms with Crippen molar-refractivity contribution < 1.29 is 0 Å². The smallest absolute Gasteiger partial charge is 0.0159 e. The van der Waals surface area contributed by atoms with Gasteiger partial charge in [0.05, 0.1) is 0 Å². The Morgan fingerprint density at radius 1 is 0.278 bits per heavy atom. The molecule has 0 nitrogen and oxygen atoms in total. The maximum atomic E-state index is 2.49. The van der Waals surface area contributed by atoms with Crippen molar-refractivity contribution in [3.8, 4) is 55.6 Å². The minimum Gasteiger partial charge on any atom is -0.0622 e. The quantitative estimate of drug-likeness (QED) is 0.162. The first-order valence-electron chi connectivity index (χ1n) is 19.3. The zero-order valence-electron chi connectivity index (χ0n) is 31.2. The Hall–Kier alpha value is -6.24. The van der Waals surface area contributed by atoms with E-state index >= 15 is 0 Å². The summed E-state index contributed by atoms with van der Waals surface area (Å²) >= 11 is 0. The third kappa shape index (κ3) is 4.26. The highest BCUT2D eigenvalue weighted by Gasteiger charge is 2.38. The van der Waals surface area contributed by atoms with E-state index in [0.29, 0.717) is 0 Å². The van der Waals surface area contributed by atoms with Crippen LogP contribution in [0.3, 0.4) is 0 Å². The molecule has 54 heavy (non-hydrogen) atoms. The zero-order valence-corrected chi connectivity index (χ0v) is 31.2. The van der Waals surface area contributed by atoms with Crippen molar-refractivity contribution >= 4 is 32.3 Å². The minimum atomic E-state index is -0.155. The largest absolute Gasteiger partial charge is 0.0622 e. The fraction of sp³-hybridized carbons (Fsp3) is 0.111. The summed E-state index contributed by atoms with van der Waals surface area (Å²) in [5.74, 6) is 0. The van der Waals surface area contributed by atoms with Gasteiger partial charge in [-0.25, -0.2) is 0 Å². The molecule has 0 heteroatoms. The second-order valence-corrected chi connectivity index (χ2v) is 16.4. The van der Waals surface area contributed by atoms with Gasteiger partial charge in [-0.05, 0) is 128 Å². The molecule has 256 valence electrons. The summed E-state index contributed by atoms with van der Waals surface area (Å²) in [6.07, 6.45) is 0. The third-order valence-electron chi connectivity index (χ3n) is 12.9. The molecule has 0 saturated carbocycles. The van der Waals surface area contributed by atoms with Crippen LogP contribution in [0.4, 0.5) is 0 Å². The summed E-state index contributed by atoms with van der Waals surface area (Å²) in [4.78, 5) is 0. The molecule has 0 unspecified atom stereocenters. The Morgan fingerprint density at radius 3 is 1.30 bits per heavy atom. The van der Waals surface area contributed by atoms with Crippen molar-refractivity contribution in [2.24, 2.45) is 0 Å². The van der Waals surface area contributed by atoms with Gasteiger partial charge < -0.3 is 0 Å². The maximum Gasteiger partial charge on any atom is 0.0159 e. The summed E-state index contributed by atoms with van der Waals surface area (Å²) in [6.45, 7) is 9.59. The SMILES string of the molecule is CC1(C)c2cc(-c3ccc4c(c3)C(C)(C)c3ccc5ccccc5c3-4)ccc2-c2ccc(-c3c4ccccc4c(-c4ccccc4)c4ccccc34)cc21. The third-order valence-corrected chi connectivity index (χ3v) is 12.9. The molecule has 0 bridgehead atoms. The lowest BCUT2D eigenvalue weighted by atomic mass is 9.79. The Kier molecular flexibility index (Phi) is 6.46. The predicted octanol–water partition coefficient (Wildman–Crippen LogP) is 14.8. The van der Waals surface area contributed by atoms with E-state index in [4.69, 9.17) is 0 Å². The molecule has 0 saturated heterocycles. The molecule has 0 heterocycles. The highest BCUT2D eigenvalue weighted by Crippen LogP contribution is 2.54. The van der Waals surface area contributed by atoms with Crippen LogP contribution in [0.1, 0.15) is 49.9 Å². The van der Waals surface area contributed by atoms with Crippen molar-refractivity contribution in [3.05, 3.63) is 192 Å². The van der Waals surface area contributed by atoms with Crippen LogP contribution in [-0.4, -0.2) is 0 Å². The lowest BCUT2D eigenvalue weighted by molar-refractivity contribution is 0.660. The molecule has 0 atom stereocenters. The summed E-state index contributed by atoms with van der Waals surface area (Å²) in [5, 5.41) is 7.82. The monoisotopic (exact) mass is 688 g/mol. The van der Waals surface area contributed by atoms with E-state index < -0.39 is 0 Å². The lowest BCUT2D eigenvalue weighted by Gasteiger charge is -2.24. The number of hydrogen-bond acceptors (Lipinski definition) is 0. The molecule has 2 aliphatic rings. The zero-order chi connectivity index (χ0) is 36.3. The molecular formula is C54H40. The minimum absolute atomic E-state index is 0.0685. The normalized spacial score (nSPS) is 14.6. The number of fused-ring (bicyclic) bond motifs is 10. The molecular weight excluding hydrogens is 649 g/mol. The molecule has 0 fully saturated rings. The second-order valence-electron chi connectivity index (χ2n) is 16.4. The van der Waals surface area contributed by atoms with Crippen molar-refractivity contribution in [1.29, 1.82) is 0 Å². The molecule has 0 aliphatic heterocycles. The molecule has 11 rings (SSSR count). The van der Waals surface area contributed by atoms with Gasteiger partial charge in [0.1, 0.15) is 0 Å². The molecule has 9 aromatic carbocycles. The molecule has 0 N–H and O–H groups in total. The van der Waals surface area contributed by atoms with Crippen LogP contribution in [-0.2, 0) is 10.8 Å². The topological polar surface area (TPSA) is 0 Å². The average Bonchev–Trinajstić information content (AvgIpc) is 3.58. The van der Waals surface area contributed by atoms with Gasteiger partial charge in [-0.2, -0.15) is 0 Å². The van der Waals surface area contributed by atoms with Crippen molar-refractivity contribution in [1.82, 2.24) is 0 Å². The average molecular weight is 689 g/mol. The van der Waals surface area contributed by atoms with Crippen LogP contribution < -0.4 is 0 Å². The van der Waals surface area contributed by atoms with Crippen LogP contribution in [0.5, 0.6) is 0 Å². The Morgan fingerprint density at radius 2 is 0.704 bits per heavy atom. The fourth-order valence-electron chi connectivity index (χ4n) is 10.1. The van der Waals surface area contributed by atoms with E-state index in [2.05, 4.69) is 198 Å². The van der Waals surface area contributed by atoms with Gasteiger partial charge in [-0.15, -0.1) is 0 Å². The van der Waals surface area contributed by atoms with Crippen LogP contribution in [0.15, 0.2) is 170 Å². The van der Waals surface area contributed by atoms with Gasteiger partial charge >= 0.3 is 0 Å². The summed E-state index contributed by atoms with van der Waals surface area (Å²) in [5.41, 5.74) is 18.6. The van der Waals surface area contributed by atoms with Crippen LogP contribution in [0.2, 0.25) is 0 Å². The van der Waals surface area contributed by atoms with Gasteiger partial charge in [-0.3, -0.25) is 0 Å². The number of hydrogen-bond donors (Lipinski definition) is 0. The molecule has 2 aliphatic carbocycles. The van der Waals surface area contributed by atoms with Gasteiger partial charge in [0, 0.05) is 10.8 Å². The molecule has 9 aromatic rings. The molecule has 0 amide bonds. The van der Waals surface area contributed by atoms with E-state index in [0.717, 1.165) is 0 Å². The second kappa shape index (κ2) is 11.1. The van der Waals surface area contributed by atoms with Crippen LogP contribution in [0, 0.1) is 0 Å². The first-order valence-corrected chi connectivity index (χ1v) is 19.3. The molecule has 0 radical (unpaired) electrons. The Labute approximate surface area is 317 Å². The summed E-state index contributed by atoms with van der Waals surface area (Å²) < 4.78 is 0. The summed E-state index contributed by atoms with van der Waals surface area (Å²) in [7, 11) is 0. The summed E-state index contributed by atoms with van der Waals surface area (Å²) in [6, 6.07) is 63.9.